The van der Waals surface area contributed by atoms with E-state index in [-0.39, 0.29) is 18.0 Å². The highest BCUT2D eigenvalue weighted by atomic mass is 31.0. The van der Waals surface area contributed by atoms with E-state index in [9.17, 15) is 9.59 Å². The summed E-state index contributed by atoms with van der Waals surface area (Å²) in [4.78, 5) is 31.0. The number of nitrogens with one attached hydrogen (secondary N) is 1. The van der Waals surface area contributed by atoms with Crippen molar-refractivity contribution in [1.82, 2.24) is 19.7 Å². The summed E-state index contributed by atoms with van der Waals surface area (Å²) in [5.74, 6) is 0.263. The predicted octanol–water partition coefficient (Wildman–Crippen LogP) is -0.185. The summed E-state index contributed by atoms with van der Waals surface area (Å²) >= 11 is 0. The van der Waals surface area contributed by atoms with Crippen molar-refractivity contribution in [2.45, 2.75) is 24.9 Å². The van der Waals surface area contributed by atoms with Gasteiger partial charge in [0.25, 0.3) is 5.91 Å². The number of fused-ring (bicyclic) bond motifs is 2. The van der Waals surface area contributed by atoms with E-state index in [0.29, 0.717) is 25.5 Å². The van der Waals surface area contributed by atoms with Crippen molar-refractivity contribution in [3.8, 4) is 0 Å². The lowest BCUT2D eigenvalue weighted by Crippen LogP contribution is -2.50. The van der Waals surface area contributed by atoms with Crippen molar-refractivity contribution < 1.29 is 14.4 Å². The first-order valence-electron chi connectivity index (χ1n) is 6.82. The van der Waals surface area contributed by atoms with Crippen LogP contribution < -0.4 is 5.48 Å². The summed E-state index contributed by atoms with van der Waals surface area (Å²) in [6, 6.07) is -0.264. The number of rotatable bonds is 4. The van der Waals surface area contributed by atoms with Gasteiger partial charge < -0.3 is 9.57 Å². The van der Waals surface area contributed by atoms with Gasteiger partial charge in [0.2, 0.25) is 0 Å². The van der Waals surface area contributed by atoms with Crippen molar-refractivity contribution in [2.75, 3.05) is 26.2 Å². The molecule has 3 aliphatic heterocycles. The van der Waals surface area contributed by atoms with E-state index in [1.54, 1.807) is 9.57 Å². The minimum absolute atomic E-state index is 0.0877. The summed E-state index contributed by atoms with van der Waals surface area (Å²) in [6.07, 6.45) is 1.55. The lowest BCUT2D eigenvalue weighted by Gasteiger charge is -2.35. The van der Waals surface area contributed by atoms with Crippen LogP contribution in [0.25, 0.3) is 0 Å². The Morgan fingerprint density at radius 1 is 1.30 bits per heavy atom. The number of hydrogen-bond donors (Lipinski definition) is 1. The molecule has 3 fully saturated rings. The molecule has 3 aliphatic rings. The molecule has 0 aromatic rings. The Morgan fingerprint density at radius 3 is 2.75 bits per heavy atom. The van der Waals surface area contributed by atoms with Crippen LogP contribution in [0, 0.1) is 5.92 Å². The van der Waals surface area contributed by atoms with Gasteiger partial charge in [-0.1, -0.05) is 9.39 Å². The number of amides is 3. The zero-order chi connectivity index (χ0) is 14.3. The van der Waals surface area contributed by atoms with E-state index < -0.39 is 6.04 Å². The van der Waals surface area contributed by atoms with E-state index in [2.05, 4.69) is 28.9 Å². The molecule has 3 heterocycles. The molecule has 2 unspecified atom stereocenters. The maximum atomic E-state index is 12.1. The second-order valence-corrected chi connectivity index (χ2v) is 6.97. The van der Waals surface area contributed by atoms with Crippen LogP contribution in [0.15, 0.2) is 0 Å². The van der Waals surface area contributed by atoms with E-state index in [1.807, 2.05) is 0 Å². The number of carbonyl (C=O) groups is 2. The smallest absolute Gasteiger partial charge is 0.310 e. The first-order valence-corrected chi connectivity index (χ1v) is 7.85. The Kier molecular flexibility index (Phi) is 4.14. The standard InChI is InChI=1S/C11H20N4O3P2/c16-10(12-18-6-7-3-13(19)4-7)9-2-1-8-5-14(9)11(17)15(8)20/h7-9H,1-6,19-20H2,(H,12,16)/t8-,9-/m0/s1. The fourth-order valence-electron chi connectivity index (χ4n) is 2.98. The maximum Gasteiger partial charge on any atom is 0.323 e. The third-order valence-corrected chi connectivity index (χ3v) is 5.26. The molecule has 2 bridgehead atoms. The van der Waals surface area contributed by atoms with Gasteiger partial charge >= 0.3 is 6.03 Å². The monoisotopic (exact) mass is 318 g/mol. The minimum atomic E-state index is -0.399. The van der Waals surface area contributed by atoms with Crippen LogP contribution in [0.4, 0.5) is 4.79 Å². The van der Waals surface area contributed by atoms with Gasteiger partial charge in [0, 0.05) is 25.6 Å². The van der Waals surface area contributed by atoms with Gasteiger partial charge in [-0.2, -0.15) is 0 Å². The van der Waals surface area contributed by atoms with Crippen LogP contribution in [-0.4, -0.2) is 64.5 Å². The molecule has 0 spiro atoms. The second-order valence-electron chi connectivity index (χ2n) is 5.69. The SMILES string of the molecule is O=C(NOCC1CN(P)C1)[C@@H]1CC[C@H]2CN1C(=O)N2P. The molecule has 0 radical (unpaired) electrons. The van der Waals surface area contributed by atoms with Crippen LogP contribution in [0.5, 0.6) is 0 Å². The fraction of sp³-hybridized carbons (Fsp3) is 0.818. The molecule has 9 heteroatoms. The Balaban J connectivity index is 1.46. The number of piperidine rings is 1. The molecule has 0 saturated carbocycles. The molecule has 1 N–H and O–H groups in total. The third kappa shape index (κ3) is 2.64. The summed E-state index contributed by atoms with van der Waals surface area (Å²) in [5.41, 5.74) is 2.50. The Labute approximate surface area is 122 Å². The van der Waals surface area contributed by atoms with E-state index >= 15 is 0 Å². The molecule has 7 nitrogen and oxygen atoms in total. The van der Waals surface area contributed by atoms with Crippen LogP contribution in [0.1, 0.15) is 12.8 Å². The van der Waals surface area contributed by atoms with Crippen molar-refractivity contribution in [2.24, 2.45) is 5.92 Å². The van der Waals surface area contributed by atoms with Gasteiger partial charge in [-0.05, 0) is 22.2 Å². The summed E-state index contributed by atoms with van der Waals surface area (Å²) < 4.78 is 3.77. The number of hydroxylamine groups is 1. The Bertz CT molecular complexity index is 418. The fourth-order valence-corrected chi connectivity index (χ4v) is 3.97. The van der Waals surface area contributed by atoms with Crippen LogP contribution in [0.3, 0.4) is 0 Å². The summed E-state index contributed by atoms with van der Waals surface area (Å²) in [5, 5.41) is 0. The van der Waals surface area contributed by atoms with Crippen molar-refractivity contribution in [3.63, 3.8) is 0 Å². The maximum absolute atomic E-state index is 12.1. The van der Waals surface area contributed by atoms with Gasteiger partial charge in [0.05, 0.1) is 12.6 Å². The zero-order valence-electron chi connectivity index (χ0n) is 11.2. The highest BCUT2D eigenvalue weighted by Crippen LogP contribution is 2.32. The highest BCUT2D eigenvalue weighted by Gasteiger charge is 2.45. The number of urea groups is 1. The van der Waals surface area contributed by atoms with Gasteiger partial charge in [-0.15, -0.1) is 0 Å². The molecule has 0 aromatic carbocycles. The van der Waals surface area contributed by atoms with Gasteiger partial charge in [0.15, 0.2) is 0 Å². The number of nitrogens with zero attached hydrogens (tertiary/aromatic N) is 3. The van der Waals surface area contributed by atoms with Gasteiger partial charge in [-0.3, -0.25) is 14.3 Å². The molecule has 3 amide bonds. The molecule has 0 aliphatic carbocycles. The Hall–Kier alpha value is -0.480. The zero-order valence-corrected chi connectivity index (χ0v) is 13.5. The number of carbonyl (C=O) groups excluding carboxylic acids is 2. The second kappa shape index (κ2) is 5.72. The normalized spacial score (nSPS) is 30.6. The molecule has 20 heavy (non-hydrogen) atoms. The largest absolute Gasteiger partial charge is 0.323 e. The highest BCUT2D eigenvalue weighted by molar-refractivity contribution is 7.14. The minimum Gasteiger partial charge on any atom is -0.310 e. The molecule has 4 atom stereocenters. The first kappa shape index (κ1) is 14.5. The van der Waals surface area contributed by atoms with Gasteiger partial charge in [-0.25, -0.2) is 10.3 Å². The van der Waals surface area contributed by atoms with Crippen molar-refractivity contribution >= 4 is 30.7 Å². The van der Waals surface area contributed by atoms with Gasteiger partial charge in [0.1, 0.15) is 6.04 Å². The molecule has 112 valence electrons. The molecular weight excluding hydrogens is 298 g/mol. The summed E-state index contributed by atoms with van der Waals surface area (Å²) in [6.45, 7) is 3.09. The lowest BCUT2D eigenvalue weighted by molar-refractivity contribution is -0.140. The molecule has 0 aromatic heterocycles. The third-order valence-electron chi connectivity index (χ3n) is 4.20. The topological polar surface area (TPSA) is 65.1 Å². The predicted molar refractivity (Wildman–Crippen MR) is 79.3 cm³/mol. The van der Waals surface area contributed by atoms with E-state index in [4.69, 9.17) is 4.84 Å². The van der Waals surface area contributed by atoms with Crippen molar-refractivity contribution in [1.29, 1.82) is 0 Å². The summed E-state index contributed by atoms with van der Waals surface area (Å²) in [7, 11) is 5.08. The molecular formula is C11H20N4O3P2. The average molecular weight is 318 g/mol. The first-order chi connectivity index (χ1) is 9.56. The quantitative estimate of drug-likeness (QED) is 0.577. The Morgan fingerprint density at radius 2 is 2.05 bits per heavy atom. The van der Waals surface area contributed by atoms with E-state index in [1.165, 1.54) is 0 Å². The van der Waals surface area contributed by atoms with Crippen LogP contribution in [0.2, 0.25) is 0 Å². The van der Waals surface area contributed by atoms with Crippen LogP contribution >= 0.6 is 18.8 Å². The number of hydrogen-bond acceptors (Lipinski definition) is 4. The lowest BCUT2D eigenvalue weighted by atomic mass is 10.0. The van der Waals surface area contributed by atoms with E-state index in [0.717, 1.165) is 19.5 Å². The molecule has 3 rings (SSSR count). The van der Waals surface area contributed by atoms with Crippen LogP contribution in [-0.2, 0) is 9.63 Å². The molecule has 3 saturated heterocycles. The van der Waals surface area contributed by atoms with Crippen molar-refractivity contribution in [3.05, 3.63) is 0 Å². The average Bonchev–Trinajstić information content (AvgIpc) is 2.62.